The van der Waals surface area contributed by atoms with Gasteiger partial charge < -0.3 is 5.73 Å². The van der Waals surface area contributed by atoms with Gasteiger partial charge in [0.25, 0.3) is 0 Å². The van der Waals surface area contributed by atoms with E-state index in [1.165, 1.54) is 10.3 Å². The van der Waals surface area contributed by atoms with Gasteiger partial charge in [0.1, 0.15) is 0 Å². The van der Waals surface area contributed by atoms with Crippen molar-refractivity contribution in [3.8, 4) is 0 Å². The van der Waals surface area contributed by atoms with Gasteiger partial charge >= 0.3 is 0 Å². The number of nitrogen functional groups attached to an aromatic ring is 1. The third-order valence-corrected chi connectivity index (χ3v) is 3.87. The van der Waals surface area contributed by atoms with E-state index in [2.05, 4.69) is 40.2 Å². The lowest BCUT2D eigenvalue weighted by atomic mass is 10.1. The van der Waals surface area contributed by atoms with Gasteiger partial charge in [-0.1, -0.05) is 29.6 Å². The van der Waals surface area contributed by atoms with E-state index in [0.29, 0.717) is 5.13 Å². The maximum Gasteiger partial charge on any atom is 0.181 e. The van der Waals surface area contributed by atoms with E-state index in [9.17, 15) is 0 Å². The Bertz CT molecular complexity index is 559. The molecule has 1 aromatic carbocycles. The molecule has 3 rings (SSSR count). The van der Waals surface area contributed by atoms with Gasteiger partial charge in [-0.05, 0) is 24.1 Å². The lowest BCUT2D eigenvalue weighted by Gasteiger charge is -2.22. The Kier molecular flexibility index (Phi) is 2.82. The molecule has 0 bridgehead atoms. The first-order chi connectivity index (χ1) is 8.31. The van der Waals surface area contributed by atoms with Crippen molar-refractivity contribution in [2.75, 3.05) is 18.8 Å². The maximum absolute atomic E-state index is 5.71. The highest BCUT2D eigenvalue weighted by molar-refractivity contribution is 7.22. The first-order valence-corrected chi connectivity index (χ1v) is 6.65. The van der Waals surface area contributed by atoms with Crippen molar-refractivity contribution in [1.29, 1.82) is 0 Å². The highest BCUT2D eigenvalue weighted by Crippen LogP contribution is 2.25. The Morgan fingerprint density at radius 3 is 3.12 bits per heavy atom. The Balaban J connectivity index is 1.82. The first kappa shape index (κ1) is 10.7. The molecule has 0 atom stereocenters. The standard InChI is InChI=1S/C13H15N3S/c14-13-15-11-5-4-10(8-12(11)17-13)9-16-6-2-1-3-7-16/h1-2,4-5,8H,3,6-7,9H2,(H2,14,15). The Hall–Kier alpha value is -1.39. The average molecular weight is 245 g/mol. The molecule has 0 unspecified atom stereocenters. The number of hydrogen-bond donors (Lipinski definition) is 1. The van der Waals surface area contributed by atoms with Crippen LogP contribution >= 0.6 is 11.3 Å². The van der Waals surface area contributed by atoms with Crippen LogP contribution < -0.4 is 5.73 Å². The van der Waals surface area contributed by atoms with Crippen molar-refractivity contribution >= 4 is 26.7 Å². The summed E-state index contributed by atoms with van der Waals surface area (Å²) in [5, 5.41) is 0.651. The van der Waals surface area contributed by atoms with Crippen LogP contribution in [0, 0.1) is 0 Å². The molecule has 0 fully saturated rings. The second-order valence-electron chi connectivity index (χ2n) is 4.35. The minimum atomic E-state index is 0.651. The van der Waals surface area contributed by atoms with E-state index in [-0.39, 0.29) is 0 Å². The van der Waals surface area contributed by atoms with Crippen LogP contribution in [0.25, 0.3) is 10.2 Å². The molecule has 2 heterocycles. The normalized spacial score (nSPS) is 16.7. The number of anilines is 1. The summed E-state index contributed by atoms with van der Waals surface area (Å²) in [6.07, 6.45) is 5.66. The van der Waals surface area contributed by atoms with E-state index in [0.717, 1.165) is 31.6 Å². The van der Waals surface area contributed by atoms with Crippen molar-refractivity contribution in [3.05, 3.63) is 35.9 Å². The van der Waals surface area contributed by atoms with E-state index >= 15 is 0 Å². The Morgan fingerprint density at radius 1 is 1.35 bits per heavy atom. The Labute approximate surface area is 105 Å². The largest absolute Gasteiger partial charge is 0.375 e. The molecule has 88 valence electrons. The van der Waals surface area contributed by atoms with Gasteiger partial charge in [0.2, 0.25) is 0 Å². The molecule has 0 saturated heterocycles. The highest BCUT2D eigenvalue weighted by Gasteiger charge is 2.08. The lowest BCUT2D eigenvalue weighted by molar-refractivity contribution is 0.291. The summed E-state index contributed by atoms with van der Waals surface area (Å²) in [6.45, 7) is 3.22. The van der Waals surface area contributed by atoms with E-state index in [4.69, 9.17) is 5.73 Å². The molecular formula is C13H15N3S. The molecule has 0 spiro atoms. The zero-order chi connectivity index (χ0) is 11.7. The molecule has 2 N–H and O–H groups in total. The fourth-order valence-corrected chi connectivity index (χ4v) is 2.97. The topological polar surface area (TPSA) is 42.1 Å². The smallest absolute Gasteiger partial charge is 0.181 e. The predicted octanol–water partition coefficient (Wildman–Crippen LogP) is 2.64. The maximum atomic E-state index is 5.71. The van der Waals surface area contributed by atoms with Crippen LogP contribution in [-0.4, -0.2) is 23.0 Å². The van der Waals surface area contributed by atoms with Gasteiger partial charge in [-0.15, -0.1) is 0 Å². The molecule has 2 aromatic rings. The van der Waals surface area contributed by atoms with Gasteiger partial charge in [0, 0.05) is 19.6 Å². The average Bonchev–Trinajstić information content (AvgIpc) is 2.70. The molecule has 1 aliphatic heterocycles. The Morgan fingerprint density at radius 2 is 2.29 bits per heavy atom. The molecule has 0 saturated carbocycles. The summed E-state index contributed by atoms with van der Waals surface area (Å²) < 4.78 is 1.19. The van der Waals surface area contributed by atoms with Gasteiger partial charge in [0.05, 0.1) is 10.2 Å². The number of nitrogens with zero attached hydrogens (tertiary/aromatic N) is 2. The first-order valence-electron chi connectivity index (χ1n) is 5.83. The van der Waals surface area contributed by atoms with Crippen LogP contribution in [0.3, 0.4) is 0 Å². The summed E-state index contributed by atoms with van der Waals surface area (Å²) in [7, 11) is 0. The van der Waals surface area contributed by atoms with E-state index < -0.39 is 0 Å². The van der Waals surface area contributed by atoms with Gasteiger partial charge in [-0.3, -0.25) is 4.90 Å². The van der Waals surface area contributed by atoms with Gasteiger partial charge in [0.15, 0.2) is 5.13 Å². The third kappa shape index (κ3) is 2.33. The van der Waals surface area contributed by atoms with Crippen LogP contribution in [0.1, 0.15) is 12.0 Å². The number of nitrogens with two attached hydrogens (primary N) is 1. The molecule has 17 heavy (non-hydrogen) atoms. The fourth-order valence-electron chi connectivity index (χ4n) is 2.18. The van der Waals surface area contributed by atoms with Gasteiger partial charge in [-0.25, -0.2) is 4.98 Å². The van der Waals surface area contributed by atoms with Crippen molar-refractivity contribution < 1.29 is 0 Å². The van der Waals surface area contributed by atoms with Crippen molar-refractivity contribution in [1.82, 2.24) is 9.88 Å². The van der Waals surface area contributed by atoms with E-state index in [1.54, 1.807) is 11.3 Å². The summed E-state index contributed by atoms with van der Waals surface area (Å²) in [6, 6.07) is 6.43. The second kappa shape index (κ2) is 4.47. The molecular weight excluding hydrogens is 230 g/mol. The van der Waals surface area contributed by atoms with Crippen LogP contribution in [-0.2, 0) is 6.54 Å². The predicted molar refractivity (Wildman–Crippen MR) is 73.1 cm³/mol. The van der Waals surface area contributed by atoms with Gasteiger partial charge in [-0.2, -0.15) is 0 Å². The molecule has 3 nitrogen and oxygen atoms in total. The molecule has 1 aliphatic rings. The number of hydrogen-bond acceptors (Lipinski definition) is 4. The zero-order valence-corrected chi connectivity index (χ0v) is 10.4. The number of aromatic nitrogens is 1. The molecule has 1 aromatic heterocycles. The number of benzene rings is 1. The minimum absolute atomic E-state index is 0.651. The van der Waals surface area contributed by atoms with Crippen LogP contribution in [0.15, 0.2) is 30.4 Å². The molecule has 4 heteroatoms. The monoisotopic (exact) mass is 245 g/mol. The number of fused-ring (bicyclic) bond motifs is 1. The van der Waals surface area contributed by atoms with Crippen LogP contribution in [0.4, 0.5) is 5.13 Å². The fraction of sp³-hybridized carbons (Fsp3) is 0.308. The van der Waals surface area contributed by atoms with Crippen LogP contribution in [0.5, 0.6) is 0 Å². The molecule has 0 radical (unpaired) electrons. The van der Waals surface area contributed by atoms with Crippen molar-refractivity contribution in [2.24, 2.45) is 0 Å². The summed E-state index contributed by atoms with van der Waals surface area (Å²) in [5.41, 5.74) is 8.07. The minimum Gasteiger partial charge on any atom is -0.375 e. The SMILES string of the molecule is Nc1nc2ccc(CN3CC=CCC3)cc2s1. The van der Waals surface area contributed by atoms with Crippen molar-refractivity contribution in [3.63, 3.8) is 0 Å². The van der Waals surface area contributed by atoms with E-state index in [1.807, 2.05) is 0 Å². The summed E-state index contributed by atoms with van der Waals surface area (Å²) >= 11 is 1.56. The number of rotatable bonds is 2. The zero-order valence-electron chi connectivity index (χ0n) is 9.60. The summed E-state index contributed by atoms with van der Waals surface area (Å²) in [5.74, 6) is 0. The molecule has 0 aliphatic carbocycles. The van der Waals surface area contributed by atoms with Crippen molar-refractivity contribution in [2.45, 2.75) is 13.0 Å². The summed E-state index contributed by atoms with van der Waals surface area (Å²) in [4.78, 5) is 6.72. The van der Waals surface area contributed by atoms with Crippen LogP contribution in [0.2, 0.25) is 0 Å². The quantitative estimate of drug-likeness (QED) is 0.827. The molecule has 0 amide bonds. The number of thiazole rings is 1. The lowest BCUT2D eigenvalue weighted by Crippen LogP contribution is -2.26. The highest BCUT2D eigenvalue weighted by atomic mass is 32.1. The third-order valence-electron chi connectivity index (χ3n) is 3.02. The second-order valence-corrected chi connectivity index (χ2v) is 5.41.